The number of piperazine rings is 1. The first kappa shape index (κ1) is 16.1. The maximum absolute atomic E-state index is 13.2. The van der Waals surface area contributed by atoms with E-state index < -0.39 is 5.82 Å². The van der Waals surface area contributed by atoms with Crippen molar-refractivity contribution in [2.75, 3.05) is 42.9 Å². The van der Waals surface area contributed by atoms with Crippen molar-refractivity contribution in [1.82, 2.24) is 20.1 Å². The largest absolute Gasteiger partial charge is 0.369 e. The Morgan fingerprint density at radius 2 is 2.00 bits per heavy atom. The smallest absolute Gasteiger partial charge is 0.255 e. The summed E-state index contributed by atoms with van der Waals surface area (Å²) in [4.78, 5) is 19.9. The van der Waals surface area contributed by atoms with Crippen molar-refractivity contribution in [2.24, 2.45) is 0 Å². The van der Waals surface area contributed by atoms with Gasteiger partial charge in [0.05, 0.1) is 11.8 Å². The number of carbonyl (C=O) groups excluding carboxylic acids is 1. The van der Waals surface area contributed by atoms with E-state index in [1.165, 1.54) is 12.3 Å². The zero-order valence-corrected chi connectivity index (χ0v) is 13.4. The van der Waals surface area contributed by atoms with Crippen LogP contribution in [0.15, 0.2) is 30.6 Å². The van der Waals surface area contributed by atoms with Gasteiger partial charge in [-0.1, -0.05) is 0 Å². The second-order valence-electron chi connectivity index (χ2n) is 5.48. The SMILES string of the molecule is CCNc1ccc(N2CCN(C(=O)c3cncc(F)c3)CC2)nn1. The molecule has 1 aliphatic rings. The number of rotatable bonds is 4. The summed E-state index contributed by atoms with van der Waals surface area (Å²) in [6.07, 6.45) is 2.48. The number of pyridine rings is 1. The molecule has 8 heteroatoms. The summed E-state index contributed by atoms with van der Waals surface area (Å²) in [6.45, 7) is 5.20. The van der Waals surface area contributed by atoms with Gasteiger partial charge in [0.2, 0.25) is 0 Å². The predicted octanol–water partition coefficient (Wildman–Crippen LogP) is 1.40. The number of nitrogens with one attached hydrogen (secondary N) is 1. The van der Waals surface area contributed by atoms with Crippen molar-refractivity contribution in [2.45, 2.75) is 6.92 Å². The average Bonchev–Trinajstić information content (AvgIpc) is 2.62. The second-order valence-corrected chi connectivity index (χ2v) is 5.48. The van der Waals surface area contributed by atoms with Crippen LogP contribution in [0.3, 0.4) is 0 Å². The Kier molecular flexibility index (Phi) is 4.83. The minimum Gasteiger partial charge on any atom is -0.369 e. The van der Waals surface area contributed by atoms with E-state index >= 15 is 0 Å². The molecule has 1 saturated heterocycles. The third kappa shape index (κ3) is 3.58. The fraction of sp³-hybridized carbons (Fsp3) is 0.375. The van der Waals surface area contributed by atoms with E-state index in [1.807, 2.05) is 19.1 Å². The van der Waals surface area contributed by atoms with Crippen molar-refractivity contribution in [1.29, 1.82) is 0 Å². The fourth-order valence-electron chi connectivity index (χ4n) is 2.62. The van der Waals surface area contributed by atoms with Crippen LogP contribution < -0.4 is 10.2 Å². The molecule has 0 bridgehead atoms. The first-order valence-corrected chi connectivity index (χ1v) is 7.89. The van der Waals surface area contributed by atoms with Gasteiger partial charge in [-0.05, 0) is 25.1 Å². The van der Waals surface area contributed by atoms with Crippen LogP contribution in [-0.4, -0.2) is 58.7 Å². The Labute approximate surface area is 139 Å². The summed E-state index contributed by atoms with van der Waals surface area (Å²) in [7, 11) is 0. The van der Waals surface area contributed by atoms with Crippen LogP contribution in [0.25, 0.3) is 0 Å². The van der Waals surface area contributed by atoms with Crippen LogP contribution in [-0.2, 0) is 0 Å². The van der Waals surface area contributed by atoms with E-state index in [9.17, 15) is 9.18 Å². The first-order chi connectivity index (χ1) is 11.7. The second kappa shape index (κ2) is 7.20. The molecule has 3 rings (SSSR count). The number of hydrogen-bond acceptors (Lipinski definition) is 6. The molecular weight excluding hydrogens is 311 g/mol. The Morgan fingerprint density at radius 1 is 1.21 bits per heavy atom. The van der Waals surface area contributed by atoms with Gasteiger partial charge >= 0.3 is 0 Å². The van der Waals surface area contributed by atoms with Crippen LogP contribution >= 0.6 is 0 Å². The van der Waals surface area contributed by atoms with Crippen LogP contribution in [0.4, 0.5) is 16.0 Å². The lowest BCUT2D eigenvalue weighted by atomic mass is 10.2. The number of hydrogen-bond donors (Lipinski definition) is 1. The molecule has 1 aliphatic heterocycles. The number of anilines is 2. The minimum absolute atomic E-state index is 0.199. The number of amides is 1. The zero-order valence-electron chi connectivity index (χ0n) is 13.4. The Balaban J connectivity index is 1.60. The number of halogens is 1. The quantitative estimate of drug-likeness (QED) is 0.913. The average molecular weight is 330 g/mol. The Morgan fingerprint density at radius 3 is 2.62 bits per heavy atom. The van der Waals surface area contributed by atoms with Crippen molar-refractivity contribution in [3.05, 3.63) is 42.0 Å². The summed E-state index contributed by atoms with van der Waals surface area (Å²) < 4.78 is 13.2. The van der Waals surface area contributed by atoms with E-state index in [1.54, 1.807) is 4.90 Å². The van der Waals surface area contributed by atoms with Crippen LogP contribution in [0.5, 0.6) is 0 Å². The molecule has 24 heavy (non-hydrogen) atoms. The monoisotopic (exact) mass is 330 g/mol. The molecule has 0 radical (unpaired) electrons. The van der Waals surface area contributed by atoms with Crippen LogP contribution in [0.2, 0.25) is 0 Å². The lowest BCUT2D eigenvalue weighted by Crippen LogP contribution is -2.49. The van der Waals surface area contributed by atoms with Crippen molar-refractivity contribution < 1.29 is 9.18 Å². The molecule has 0 unspecified atom stereocenters. The van der Waals surface area contributed by atoms with Gasteiger partial charge in [-0.25, -0.2) is 4.39 Å². The van der Waals surface area contributed by atoms with Gasteiger partial charge in [0.1, 0.15) is 11.6 Å². The fourth-order valence-corrected chi connectivity index (χ4v) is 2.62. The molecule has 126 valence electrons. The van der Waals surface area contributed by atoms with Crippen molar-refractivity contribution in [3.8, 4) is 0 Å². The van der Waals surface area contributed by atoms with Gasteiger partial charge in [-0.15, -0.1) is 10.2 Å². The highest BCUT2D eigenvalue weighted by Gasteiger charge is 2.23. The molecule has 2 aromatic rings. The van der Waals surface area contributed by atoms with Gasteiger partial charge in [-0.2, -0.15) is 0 Å². The Bertz CT molecular complexity index is 700. The molecule has 0 saturated carbocycles. The van der Waals surface area contributed by atoms with E-state index in [2.05, 4.69) is 25.4 Å². The molecule has 0 aliphatic carbocycles. The van der Waals surface area contributed by atoms with E-state index in [0.717, 1.165) is 24.4 Å². The van der Waals surface area contributed by atoms with Gasteiger partial charge in [0, 0.05) is 38.9 Å². The van der Waals surface area contributed by atoms with Gasteiger partial charge < -0.3 is 15.1 Å². The molecule has 2 aromatic heterocycles. The molecule has 1 N–H and O–H groups in total. The van der Waals surface area contributed by atoms with Crippen LogP contribution in [0.1, 0.15) is 17.3 Å². The molecule has 3 heterocycles. The molecule has 1 amide bonds. The number of nitrogens with zero attached hydrogens (tertiary/aromatic N) is 5. The summed E-state index contributed by atoms with van der Waals surface area (Å²) in [5.74, 6) is 0.829. The maximum Gasteiger partial charge on any atom is 0.255 e. The summed E-state index contributed by atoms with van der Waals surface area (Å²) >= 11 is 0. The van der Waals surface area contributed by atoms with E-state index in [-0.39, 0.29) is 11.5 Å². The van der Waals surface area contributed by atoms with E-state index in [0.29, 0.717) is 26.2 Å². The predicted molar refractivity (Wildman–Crippen MR) is 88.5 cm³/mol. The molecule has 7 nitrogen and oxygen atoms in total. The van der Waals surface area contributed by atoms with E-state index in [4.69, 9.17) is 0 Å². The highest BCUT2D eigenvalue weighted by molar-refractivity contribution is 5.94. The molecular formula is C16H19FN6O. The van der Waals surface area contributed by atoms with Gasteiger partial charge in [0.15, 0.2) is 5.82 Å². The summed E-state index contributed by atoms with van der Waals surface area (Å²) in [6, 6.07) is 5.02. The van der Waals surface area contributed by atoms with Crippen molar-refractivity contribution in [3.63, 3.8) is 0 Å². The maximum atomic E-state index is 13.2. The lowest BCUT2D eigenvalue weighted by Gasteiger charge is -2.35. The number of carbonyl (C=O) groups is 1. The third-order valence-corrected chi connectivity index (χ3v) is 3.85. The van der Waals surface area contributed by atoms with Crippen LogP contribution in [0, 0.1) is 5.82 Å². The lowest BCUT2D eigenvalue weighted by molar-refractivity contribution is 0.0745. The molecule has 0 spiro atoms. The summed E-state index contributed by atoms with van der Waals surface area (Å²) in [5, 5.41) is 11.4. The standard InChI is InChI=1S/C16H19FN6O/c1-2-19-14-3-4-15(21-20-14)22-5-7-23(8-6-22)16(24)12-9-13(17)11-18-10-12/h3-4,9-11H,2,5-8H2,1H3,(H,19,20). The summed E-state index contributed by atoms with van der Waals surface area (Å²) in [5.41, 5.74) is 0.276. The minimum atomic E-state index is -0.504. The van der Waals surface area contributed by atoms with Gasteiger partial charge in [-0.3, -0.25) is 9.78 Å². The van der Waals surface area contributed by atoms with Gasteiger partial charge in [0.25, 0.3) is 5.91 Å². The topological polar surface area (TPSA) is 74.2 Å². The Hall–Kier alpha value is -2.77. The first-order valence-electron chi connectivity index (χ1n) is 7.89. The normalized spacial score (nSPS) is 14.6. The number of aromatic nitrogens is 3. The highest BCUT2D eigenvalue weighted by atomic mass is 19.1. The molecule has 0 atom stereocenters. The molecule has 0 aromatic carbocycles. The highest BCUT2D eigenvalue weighted by Crippen LogP contribution is 2.15. The third-order valence-electron chi connectivity index (χ3n) is 3.85. The molecule has 1 fully saturated rings. The zero-order chi connectivity index (χ0) is 16.9. The van der Waals surface area contributed by atoms with Crippen molar-refractivity contribution >= 4 is 17.5 Å².